The van der Waals surface area contributed by atoms with E-state index in [1.807, 2.05) is 0 Å². The fraction of sp³-hybridized carbons (Fsp3) is 0.583. The number of rotatable bonds is 6. The van der Waals surface area contributed by atoms with Gasteiger partial charge < -0.3 is 15.2 Å². The number of carboxylic acids is 1. The SMILES string of the molecule is COC(CNc1ncnc2c1CCC2)CC(=O)O. The zero-order valence-electron chi connectivity index (χ0n) is 10.3. The summed E-state index contributed by atoms with van der Waals surface area (Å²) in [7, 11) is 1.51. The molecule has 6 nitrogen and oxygen atoms in total. The maximum absolute atomic E-state index is 10.6. The van der Waals surface area contributed by atoms with Crippen molar-refractivity contribution in [3.05, 3.63) is 17.6 Å². The molecule has 1 heterocycles. The molecule has 1 aromatic rings. The van der Waals surface area contributed by atoms with Crippen molar-refractivity contribution in [2.75, 3.05) is 19.0 Å². The lowest BCUT2D eigenvalue weighted by atomic mass is 10.2. The largest absolute Gasteiger partial charge is 0.481 e. The zero-order valence-corrected chi connectivity index (χ0v) is 10.3. The highest BCUT2D eigenvalue weighted by Gasteiger charge is 2.18. The quantitative estimate of drug-likeness (QED) is 0.780. The summed E-state index contributed by atoms with van der Waals surface area (Å²) in [4.78, 5) is 19.1. The van der Waals surface area contributed by atoms with Gasteiger partial charge in [-0.25, -0.2) is 9.97 Å². The topological polar surface area (TPSA) is 84.3 Å². The molecule has 6 heteroatoms. The molecule has 0 saturated carbocycles. The summed E-state index contributed by atoms with van der Waals surface area (Å²) in [5.41, 5.74) is 2.25. The molecule has 2 rings (SSSR count). The maximum atomic E-state index is 10.6. The third kappa shape index (κ3) is 2.95. The zero-order chi connectivity index (χ0) is 13.0. The van der Waals surface area contributed by atoms with Gasteiger partial charge in [0.15, 0.2) is 0 Å². The first-order chi connectivity index (χ1) is 8.70. The first-order valence-corrected chi connectivity index (χ1v) is 6.02. The number of nitrogens with one attached hydrogen (secondary N) is 1. The summed E-state index contributed by atoms with van der Waals surface area (Å²) in [6.45, 7) is 0.437. The predicted octanol–water partition coefficient (Wildman–Crippen LogP) is 0.867. The Hall–Kier alpha value is -1.69. The molecule has 2 N–H and O–H groups in total. The molecule has 0 radical (unpaired) electrons. The van der Waals surface area contributed by atoms with Crippen LogP contribution in [0, 0.1) is 0 Å². The molecule has 18 heavy (non-hydrogen) atoms. The third-order valence-corrected chi connectivity index (χ3v) is 3.11. The van der Waals surface area contributed by atoms with Crippen molar-refractivity contribution >= 4 is 11.8 Å². The van der Waals surface area contributed by atoms with E-state index in [4.69, 9.17) is 9.84 Å². The normalized spacial score (nSPS) is 15.2. The van der Waals surface area contributed by atoms with Crippen LogP contribution in [0.3, 0.4) is 0 Å². The van der Waals surface area contributed by atoms with Crippen LogP contribution in [0.25, 0.3) is 0 Å². The van der Waals surface area contributed by atoms with Crippen LogP contribution < -0.4 is 5.32 Å². The van der Waals surface area contributed by atoms with E-state index < -0.39 is 5.97 Å². The Morgan fingerprint density at radius 3 is 3.11 bits per heavy atom. The molecule has 1 aliphatic carbocycles. The first-order valence-electron chi connectivity index (χ1n) is 6.02. The highest BCUT2D eigenvalue weighted by atomic mass is 16.5. The van der Waals surface area contributed by atoms with E-state index in [2.05, 4.69) is 15.3 Å². The van der Waals surface area contributed by atoms with Gasteiger partial charge in [-0.3, -0.25) is 4.79 Å². The average Bonchev–Trinajstić information content (AvgIpc) is 2.82. The standard InChI is InChI=1S/C12H17N3O3/c1-18-8(5-11(16)17)6-13-12-9-3-2-4-10(9)14-7-15-12/h7-8H,2-6H2,1H3,(H,16,17)(H,13,14,15). The number of fused-ring (bicyclic) bond motifs is 1. The molecule has 0 spiro atoms. The molecule has 98 valence electrons. The van der Waals surface area contributed by atoms with Crippen LogP contribution in [0.15, 0.2) is 6.33 Å². The second-order valence-corrected chi connectivity index (χ2v) is 4.34. The number of methoxy groups -OCH3 is 1. The van der Waals surface area contributed by atoms with E-state index in [0.717, 1.165) is 36.3 Å². The number of aliphatic carboxylic acids is 1. The summed E-state index contributed by atoms with van der Waals surface area (Å²) in [5.74, 6) is -0.0542. The Morgan fingerprint density at radius 2 is 2.39 bits per heavy atom. The maximum Gasteiger partial charge on any atom is 0.306 e. The molecule has 1 aliphatic rings. The van der Waals surface area contributed by atoms with Crippen molar-refractivity contribution in [3.8, 4) is 0 Å². The Kier molecular flexibility index (Phi) is 4.09. The number of carboxylic acid groups (broad SMARTS) is 1. The van der Waals surface area contributed by atoms with Crippen LogP contribution >= 0.6 is 0 Å². The second kappa shape index (κ2) is 5.77. The Labute approximate surface area is 105 Å². The summed E-state index contributed by atoms with van der Waals surface area (Å²) in [5, 5.41) is 11.9. The van der Waals surface area contributed by atoms with Crippen LogP contribution in [-0.2, 0) is 22.4 Å². The number of anilines is 1. The van der Waals surface area contributed by atoms with Crippen LogP contribution in [-0.4, -0.2) is 40.8 Å². The number of hydrogen-bond acceptors (Lipinski definition) is 5. The fourth-order valence-electron chi connectivity index (χ4n) is 2.16. The number of carbonyl (C=O) groups is 1. The number of aryl methyl sites for hydroxylation is 1. The number of nitrogens with zero attached hydrogens (tertiary/aromatic N) is 2. The molecule has 0 aliphatic heterocycles. The summed E-state index contributed by atoms with van der Waals surface area (Å²) >= 11 is 0. The number of aromatic nitrogens is 2. The van der Waals surface area contributed by atoms with Gasteiger partial charge in [-0.2, -0.15) is 0 Å². The lowest BCUT2D eigenvalue weighted by molar-refractivity contribution is -0.139. The van der Waals surface area contributed by atoms with Gasteiger partial charge in [-0.05, 0) is 19.3 Å². The molecule has 0 aromatic carbocycles. The van der Waals surface area contributed by atoms with Crippen LogP contribution in [0.1, 0.15) is 24.1 Å². The van der Waals surface area contributed by atoms with Gasteiger partial charge in [0.25, 0.3) is 0 Å². The highest BCUT2D eigenvalue weighted by molar-refractivity contribution is 5.67. The van der Waals surface area contributed by atoms with Gasteiger partial charge in [0, 0.05) is 24.9 Å². The lowest BCUT2D eigenvalue weighted by Crippen LogP contribution is -2.25. The van der Waals surface area contributed by atoms with E-state index >= 15 is 0 Å². The van der Waals surface area contributed by atoms with Crippen LogP contribution in [0.4, 0.5) is 5.82 Å². The summed E-state index contributed by atoms with van der Waals surface area (Å²) < 4.78 is 5.12. The van der Waals surface area contributed by atoms with E-state index in [1.54, 1.807) is 6.33 Å². The average molecular weight is 251 g/mol. The van der Waals surface area contributed by atoms with E-state index in [-0.39, 0.29) is 12.5 Å². The van der Waals surface area contributed by atoms with Crippen molar-refractivity contribution in [2.45, 2.75) is 31.8 Å². The van der Waals surface area contributed by atoms with Gasteiger partial charge >= 0.3 is 5.97 Å². The second-order valence-electron chi connectivity index (χ2n) is 4.34. The van der Waals surface area contributed by atoms with E-state index in [9.17, 15) is 4.79 Å². The lowest BCUT2D eigenvalue weighted by Gasteiger charge is -2.15. The molecule has 1 aromatic heterocycles. The molecule has 0 saturated heterocycles. The van der Waals surface area contributed by atoms with Crippen molar-refractivity contribution in [2.24, 2.45) is 0 Å². The Morgan fingerprint density at radius 1 is 1.56 bits per heavy atom. The summed E-state index contributed by atoms with van der Waals surface area (Å²) in [6.07, 6.45) is 4.26. The van der Waals surface area contributed by atoms with Gasteiger partial charge in [0.05, 0.1) is 12.5 Å². The summed E-state index contributed by atoms with van der Waals surface area (Å²) in [6, 6.07) is 0. The van der Waals surface area contributed by atoms with Crippen molar-refractivity contribution in [1.29, 1.82) is 0 Å². The third-order valence-electron chi connectivity index (χ3n) is 3.11. The van der Waals surface area contributed by atoms with Crippen molar-refractivity contribution < 1.29 is 14.6 Å². The minimum Gasteiger partial charge on any atom is -0.481 e. The molecule has 1 unspecified atom stereocenters. The predicted molar refractivity (Wildman–Crippen MR) is 65.6 cm³/mol. The van der Waals surface area contributed by atoms with Crippen LogP contribution in [0.5, 0.6) is 0 Å². The first kappa shape index (κ1) is 12.8. The highest BCUT2D eigenvalue weighted by Crippen LogP contribution is 2.24. The molecule has 1 atom stereocenters. The van der Waals surface area contributed by atoms with Gasteiger partial charge in [-0.15, -0.1) is 0 Å². The van der Waals surface area contributed by atoms with Gasteiger partial charge in [0.1, 0.15) is 12.1 Å². The molecular weight excluding hydrogens is 234 g/mol. The number of ether oxygens (including phenoxy) is 1. The van der Waals surface area contributed by atoms with E-state index in [1.165, 1.54) is 7.11 Å². The van der Waals surface area contributed by atoms with Crippen molar-refractivity contribution in [1.82, 2.24) is 9.97 Å². The minimum absolute atomic E-state index is 0.0171. The Balaban J connectivity index is 1.97. The van der Waals surface area contributed by atoms with Gasteiger partial charge in [-0.1, -0.05) is 0 Å². The molecule has 0 fully saturated rings. The number of hydrogen-bond donors (Lipinski definition) is 2. The smallest absolute Gasteiger partial charge is 0.306 e. The van der Waals surface area contributed by atoms with Crippen molar-refractivity contribution in [3.63, 3.8) is 0 Å². The fourth-order valence-corrected chi connectivity index (χ4v) is 2.16. The molecular formula is C12H17N3O3. The van der Waals surface area contributed by atoms with Gasteiger partial charge in [0.2, 0.25) is 0 Å². The van der Waals surface area contributed by atoms with Crippen LogP contribution in [0.2, 0.25) is 0 Å². The minimum atomic E-state index is -0.864. The van der Waals surface area contributed by atoms with E-state index in [0.29, 0.717) is 6.54 Å². The Bertz CT molecular complexity index is 437. The molecule has 0 amide bonds. The molecule has 0 bridgehead atoms. The monoisotopic (exact) mass is 251 g/mol.